The van der Waals surface area contributed by atoms with E-state index < -0.39 is 0 Å². The van der Waals surface area contributed by atoms with Crippen LogP contribution in [0.2, 0.25) is 0 Å². The van der Waals surface area contributed by atoms with Crippen LogP contribution in [0.1, 0.15) is 32.3 Å². The fourth-order valence-electron chi connectivity index (χ4n) is 2.18. The first kappa shape index (κ1) is 11.8. The average molecular weight is 230 g/mol. The smallest absolute Gasteiger partial charge is 0.157 e. The lowest BCUT2D eigenvalue weighted by molar-refractivity contribution is -0.117. The summed E-state index contributed by atoms with van der Waals surface area (Å²) >= 11 is 0. The minimum absolute atomic E-state index is 0.0725. The molecule has 0 fully saturated rings. The van der Waals surface area contributed by atoms with E-state index in [-0.39, 0.29) is 11.2 Å². The van der Waals surface area contributed by atoms with Gasteiger partial charge in [-0.3, -0.25) is 9.78 Å². The van der Waals surface area contributed by atoms with Crippen molar-refractivity contribution >= 4 is 5.78 Å². The zero-order valence-electron chi connectivity index (χ0n) is 10.4. The first-order chi connectivity index (χ1) is 8.05. The Morgan fingerprint density at radius 3 is 2.88 bits per heavy atom. The number of pyridine rings is 1. The summed E-state index contributed by atoms with van der Waals surface area (Å²) in [5, 5.41) is 3.32. The Morgan fingerprint density at radius 1 is 1.41 bits per heavy atom. The number of nitrogens with one attached hydrogen (secondary N) is 1. The molecule has 90 valence electrons. The average Bonchev–Trinajstić information content (AvgIpc) is 2.25. The summed E-state index contributed by atoms with van der Waals surface area (Å²) in [5.41, 5.74) is 2.24. The molecule has 0 aromatic carbocycles. The summed E-state index contributed by atoms with van der Waals surface area (Å²) in [5.74, 6) is 0.218. The van der Waals surface area contributed by atoms with E-state index in [0.29, 0.717) is 6.42 Å². The number of ketones is 1. The van der Waals surface area contributed by atoms with Gasteiger partial charge in [-0.1, -0.05) is 19.9 Å². The highest BCUT2D eigenvalue weighted by Gasteiger charge is 2.27. The van der Waals surface area contributed by atoms with Gasteiger partial charge in [0.25, 0.3) is 0 Å². The molecule has 1 aromatic heterocycles. The van der Waals surface area contributed by atoms with Crippen LogP contribution in [0.3, 0.4) is 0 Å². The maximum Gasteiger partial charge on any atom is 0.157 e. The Morgan fingerprint density at radius 2 is 2.24 bits per heavy atom. The van der Waals surface area contributed by atoms with Gasteiger partial charge in [0.1, 0.15) is 0 Å². The Hall–Kier alpha value is -1.64. The number of aromatic nitrogens is 1. The monoisotopic (exact) mass is 230 g/mol. The molecule has 0 aliphatic heterocycles. The second kappa shape index (κ2) is 4.70. The summed E-state index contributed by atoms with van der Waals surface area (Å²) in [6.45, 7) is 4.98. The molecule has 0 saturated carbocycles. The van der Waals surface area contributed by atoms with E-state index in [1.54, 1.807) is 12.3 Å². The fourth-order valence-corrected chi connectivity index (χ4v) is 2.18. The van der Waals surface area contributed by atoms with E-state index in [0.717, 1.165) is 24.2 Å². The van der Waals surface area contributed by atoms with Gasteiger partial charge in [-0.05, 0) is 23.5 Å². The topological polar surface area (TPSA) is 42.0 Å². The van der Waals surface area contributed by atoms with Gasteiger partial charge >= 0.3 is 0 Å². The maximum atomic E-state index is 11.6. The lowest BCUT2D eigenvalue weighted by atomic mass is 9.79. The molecule has 1 aliphatic rings. The van der Waals surface area contributed by atoms with E-state index in [4.69, 9.17) is 0 Å². The van der Waals surface area contributed by atoms with Crippen LogP contribution in [0, 0.1) is 5.41 Å². The molecule has 0 bridgehead atoms. The fraction of sp³-hybridized carbons (Fsp3) is 0.429. The lowest BCUT2D eigenvalue weighted by Crippen LogP contribution is -2.27. The van der Waals surface area contributed by atoms with Crippen LogP contribution >= 0.6 is 0 Å². The molecule has 0 amide bonds. The van der Waals surface area contributed by atoms with Gasteiger partial charge in [-0.15, -0.1) is 0 Å². The number of hydrogen-bond acceptors (Lipinski definition) is 3. The van der Waals surface area contributed by atoms with Crippen LogP contribution in [0.5, 0.6) is 0 Å². The van der Waals surface area contributed by atoms with Crippen molar-refractivity contribution in [3.8, 4) is 0 Å². The van der Waals surface area contributed by atoms with Crippen LogP contribution in [0.4, 0.5) is 0 Å². The van der Waals surface area contributed by atoms with Crippen molar-refractivity contribution in [2.24, 2.45) is 5.41 Å². The lowest BCUT2D eigenvalue weighted by Gasteiger charge is -2.29. The SMILES string of the molecule is CC1(C)CC(=O)C=C(NCc2cccnc2)C1. The Balaban J connectivity index is 1.98. The highest BCUT2D eigenvalue weighted by atomic mass is 16.1. The normalized spacial score (nSPS) is 18.7. The molecule has 0 unspecified atom stereocenters. The predicted molar refractivity (Wildman–Crippen MR) is 67.2 cm³/mol. The third kappa shape index (κ3) is 3.41. The van der Waals surface area contributed by atoms with Gasteiger partial charge in [0.05, 0.1) is 0 Å². The molecular weight excluding hydrogens is 212 g/mol. The van der Waals surface area contributed by atoms with Crippen molar-refractivity contribution in [2.45, 2.75) is 33.2 Å². The van der Waals surface area contributed by atoms with Gasteiger partial charge in [0, 0.05) is 37.1 Å². The van der Waals surface area contributed by atoms with Crippen molar-refractivity contribution < 1.29 is 4.79 Å². The maximum absolute atomic E-state index is 11.6. The molecule has 3 heteroatoms. The Labute approximate surface area is 102 Å². The first-order valence-corrected chi connectivity index (χ1v) is 5.91. The summed E-state index contributed by atoms with van der Waals surface area (Å²) in [6.07, 6.45) is 6.91. The second-order valence-electron chi connectivity index (χ2n) is 5.37. The number of nitrogens with zero attached hydrogens (tertiary/aromatic N) is 1. The molecule has 1 N–H and O–H groups in total. The third-order valence-corrected chi connectivity index (χ3v) is 2.90. The zero-order chi connectivity index (χ0) is 12.3. The largest absolute Gasteiger partial charge is 0.384 e. The van der Waals surface area contributed by atoms with E-state index in [2.05, 4.69) is 24.1 Å². The Bertz CT molecular complexity index is 435. The molecule has 0 atom stereocenters. The van der Waals surface area contributed by atoms with Crippen molar-refractivity contribution in [1.82, 2.24) is 10.3 Å². The zero-order valence-corrected chi connectivity index (χ0v) is 10.4. The van der Waals surface area contributed by atoms with Gasteiger partial charge in [0.15, 0.2) is 5.78 Å². The van der Waals surface area contributed by atoms with E-state index in [1.165, 1.54) is 0 Å². The van der Waals surface area contributed by atoms with Crippen LogP contribution in [-0.2, 0) is 11.3 Å². The summed E-state index contributed by atoms with van der Waals surface area (Å²) in [7, 11) is 0. The van der Waals surface area contributed by atoms with Crippen LogP contribution in [-0.4, -0.2) is 10.8 Å². The van der Waals surface area contributed by atoms with E-state index in [9.17, 15) is 4.79 Å². The van der Waals surface area contributed by atoms with Crippen LogP contribution in [0.25, 0.3) is 0 Å². The van der Waals surface area contributed by atoms with Gasteiger partial charge < -0.3 is 5.32 Å². The minimum atomic E-state index is 0.0725. The minimum Gasteiger partial charge on any atom is -0.384 e. The number of rotatable bonds is 3. The molecule has 0 radical (unpaired) electrons. The highest BCUT2D eigenvalue weighted by molar-refractivity contribution is 5.91. The second-order valence-corrected chi connectivity index (χ2v) is 5.37. The van der Waals surface area contributed by atoms with Gasteiger partial charge in [-0.25, -0.2) is 0 Å². The van der Waals surface area contributed by atoms with Crippen LogP contribution in [0.15, 0.2) is 36.3 Å². The molecule has 1 aliphatic carbocycles. The molecule has 3 nitrogen and oxygen atoms in total. The third-order valence-electron chi connectivity index (χ3n) is 2.90. The van der Waals surface area contributed by atoms with E-state index >= 15 is 0 Å². The molecule has 0 saturated heterocycles. The molecular formula is C14H18N2O. The van der Waals surface area contributed by atoms with Gasteiger partial charge in [-0.2, -0.15) is 0 Å². The number of hydrogen-bond donors (Lipinski definition) is 1. The molecule has 2 rings (SSSR count). The standard InChI is InChI=1S/C14H18N2O/c1-14(2)7-12(6-13(17)8-14)16-10-11-4-3-5-15-9-11/h3-6,9,16H,7-8,10H2,1-2H3. The molecule has 1 aromatic rings. The molecule has 1 heterocycles. The summed E-state index contributed by atoms with van der Waals surface area (Å²) in [4.78, 5) is 15.6. The number of carbonyl (C=O) groups is 1. The summed E-state index contributed by atoms with van der Waals surface area (Å²) < 4.78 is 0. The van der Waals surface area contributed by atoms with E-state index in [1.807, 2.05) is 18.3 Å². The number of allylic oxidation sites excluding steroid dienone is 2. The molecule has 17 heavy (non-hydrogen) atoms. The molecule has 0 spiro atoms. The summed E-state index contributed by atoms with van der Waals surface area (Å²) in [6, 6.07) is 3.94. The van der Waals surface area contributed by atoms with Crippen LogP contribution < -0.4 is 5.32 Å². The van der Waals surface area contributed by atoms with Crippen molar-refractivity contribution in [3.05, 3.63) is 41.9 Å². The van der Waals surface area contributed by atoms with Crippen molar-refractivity contribution in [3.63, 3.8) is 0 Å². The quantitative estimate of drug-likeness (QED) is 0.867. The van der Waals surface area contributed by atoms with Gasteiger partial charge in [0.2, 0.25) is 0 Å². The first-order valence-electron chi connectivity index (χ1n) is 5.91. The van der Waals surface area contributed by atoms with Crippen molar-refractivity contribution in [2.75, 3.05) is 0 Å². The van der Waals surface area contributed by atoms with Crippen molar-refractivity contribution in [1.29, 1.82) is 0 Å². The predicted octanol–water partition coefficient (Wildman–Crippen LogP) is 2.44. The highest BCUT2D eigenvalue weighted by Crippen LogP contribution is 2.32. The number of carbonyl (C=O) groups excluding carboxylic acids is 1. The Kier molecular flexibility index (Phi) is 3.27.